The summed E-state index contributed by atoms with van der Waals surface area (Å²) in [4.78, 5) is 0. The summed E-state index contributed by atoms with van der Waals surface area (Å²) in [5, 5.41) is 11.9. The van der Waals surface area contributed by atoms with Gasteiger partial charge in [0.05, 0.1) is 4.60 Å². The summed E-state index contributed by atoms with van der Waals surface area (Å²) in [6.07, 6.45) is 3.45. The minimum atomic E-state index is 0.555. The van der Waals surface area contributed by atoms with Crippen LogP contribution in [-0.2, 0) is 6.42 Å². The van der Waals surface area contributed by atoms with E-state index in [4.69, 9.17) is 0 Å². The quantitative estimate of drug-likeness (QED) is 0.853. The first-order valence-corrected chi connectivity index (χ1v) is 6.36. The fraction of sp³-hybridized carbons (Fsp3) is 0.455. The maximum atomic E-state index is 4.26. The summed E-state index contributed by atoms with van der Waals surface area (Å²) < 4.78 is 3.09. The van der Waals surface area contributed by atoms with Crippen molar-refractivity contribution in [2.45, 2.75) is 25.3 Å². The van der Waals surface area contributed by atoms with Gasteiger partial charge < -0.3 is 5.32 Å². The molecule has 2 aromatic rings. The molecule has 0 amide bonds. The van der Waals surface area contributed by atoms with Gasteiger partial charge in [0.15, 0.2) is 5.65 Å². The standard InChI is InChI=1S/C11H13BrN4/c12-9-4-1-5-10-14-15-11(16(9)10)7-8-3-2-6-13-8/h1,4-5,8,13H,2-3,6-7H2. The fourth-order valence-corrected chi connectivity index (χ4v) is 2.78. The predicted octanol–water partition coefficient (Wildman–Crippen LogP) is 1.79. The van der Waals surface area contributed by atoms with Gasteiger partial charge in [0.2, 0.25) is 0 Å². The molecular formula is C11H13BrN4. The molecule has 1 atom stereocenters. The van der Waals surface area contributed by atoms with Gasteiger partial charge in [0, 0.05) is 12.5 Å². The first kappa shape index (κ1) is 10.2. The maximum Gasteiger partial charge on any atom is 0.161 e. The molecule has 0 aliphatic carbocycles. The van der Waals surface area contributed by atoms with Crippen LogP contribution in [0.3, 0.4) is 0 Å². The molecule has 1 saturated heterocycles. The molecular weight excluding hydrogens is 268 g/mol. The highest BCUT2D eigenvalue weighted by molar-refractivity contribution is 9.10. The third-order valence-electron chi connectivity index (χ3n) is 3.04. The fourth-order valence-electron chi connectivity index (χ4n) is 2.24. The largest absolute Gasteiger partial charge is 0.314 e. The summed E-state index contributed by atoms with van der Waals surface area (Å²) in [5.41, 5.74) is 0.905. The Hall–Kier alpha value is -0.940. The van der Waals surface area contributed by atoms with E-state index in [1.807, 2.05) is 18.2 Å². The highest BCUT2D eigenvalue weighted by Crippen LogP contribution is 2.17. The third kappa shape index (κ3) is 1.74. The molecule has 0 spiro atoms. The van der Waals surface area contributed by atoms with Gasteiger partial charge in [-0.25, -0.2) is 0 Å². The summed E-state index contributed by atoms with van der Waals surface area (Å²) in [6, 6.07) is 6.52. The van der Waals surface area contributed by atoms with Gasteiger partial charge in [0.25, 0.3) is 0 Å². The van der Waals surface area contributed by atoms with Gasteiger partial charge in [-0.2, -0.15) is 0 Å². The molecule has 0 radical (unpaired) electrons. The number of nitrogens with zero attached hydrogens (tertiary/aromatic N) is 3. The number of hydrogen-bond acceptors (Lipinski definition) is 3. The maximum absolute atomic E-state index is 4.26. The van der Waals surface area contributed by atoms with Crippen LogP contribution in [0.5, 0.6) is 0 Å². The van der Waals surface area contributed by atoms with Crippen molar-refractivity contribution in [2.24, 2.45) is 0 Å². The minimum absolute atomic E-state index is 0.555. The molecule has 1 fully saturated rings. The second kappa shape index (κ2) is 4.14. The minimum Gasteiger partial charge on any atom is -0.314 e. The van der Waals surface area contributed by atoms with E-state index in [1.165, 1.54) is 12.8 Å². The summed E-state index contributed by atoms with van der Waals surface area (Å²) in [7, 11) is 0. The Bertz CT molecular complexity index is 502. The van der Waals surface area contributed by atoms with Crippen molar-refractivity contribution < 1.29 is 0 Å². The van der Waals surface area contributed by atoms with Crippen LogP contribution in [0, 0.1) is 0 Å². The van der Waals surface area contributed by atoms with Gasteiger partial charge in [-0.05, 0) is 47.4 Å². The molecule has 2 aromatic heterocycles. The molecule has 4 nitrogen and oxygen atoms in total. The molecule has 3 heterocycles. The van der Waals surface area contributed by atoms with Crippen molar-refractivity contribution in [1.29, 1.82) is 0 Å². The summed E-state index contributed by atoms with van der Waals surface area (Å²) in [6.45, 7) is 1.13. The summed E-state index contributed by atoms with van der Waals surface area (Å²) >= 11 is 3.54. The normalized spacial score (nSPS) is 20.7. The van der Waals surface area contributed by atoms with Crippen LogP contribution >= 0.6 is 15.9 Å². The molecule has 1 N–H and O–H groups in total. The average molecular weight is 281 g/mol. The lowest BCUT2D eigenvalue weighted by Crippen LogP contribution is -2.24. The van der Waals surface area contributed by atoms with E-state index in [0.717, 1.165) is 29.0 Å². The number of rotatable bonds is 2. The molecule has 0 aromatic carbocycles. The van der Waals surface area contributed by atoms with Gasteiger partial charge in [-0.15, -0.1) is 10.2 Å². The molecule has 0 saturated carbocycles. The second-order valence-corrected chi connectivity index (χ2v) is 4.97. The SMILES string of the molecule is Brc1cccc2nnc(CC3CCCN3)n12. The van der Waals surface area contributed by atoms with Gasteiger partial charge in [-0.3, -0.25) is 4.40 Å². The first-order chi connectivity index (χ1) is 7.84. The van der Waals surface area contributed by atoms with E-state index in [9.17, 15) is 0 Å². The van der Waals surface area contributed by atoms with Crippen molar-refractivity contribution in [3.05, 3.63) is 28.6 Å². The zero-order valence-corrected chi connectivity index (χ0v) is 10.4. The summed E-state index contributed by atoms with van der Waals surface area (Å²) in [5.74, 6) is 1.03. The van der Waals surface area contributed by atoms with Crippen LogP contribution in [0.2, 0.25) is 0 Å². The lowest BCUT2D eigenvalue weighted by Gasteiger charge is -2.08. The van der Waals surface area contributed by atoms with E-state index in [0.29, 0.717) is 6.04 Å². The molecule has 3 rings (SSSR count). The Morgan fingerprint density at radius 2 is 2.38 bits per heavy atom. The van der Waals surface area contributed by atoms with E-state index < -0.39 is 0 Å². The van der Waals surface area contributed by atoms with E-state index in [-0.39, 0.29) is 0 Å². The first-order valence-electron chi connectivity index (χ1n) is 5.56. The number of fused-ring (bicyclic) bond motifs is 1. The monoisotopic (exact) mass is 280 g/mol. The van der Waals surface area contributed by atoms with Crippen molar-refractivity contribution >= 4 is 21.6 Å². The molecule has 84 valence electrons. The molecule has 1 aliphatic rings. The Labute approximate surface area is 102 Å². The van der Waals surface area contributed by atoms with E-state index >= 15 is 0 Å². The van der Waals surface area contributed by atoms with Crippen LogP contribution < -0.4 is 5.32 Å². The third-order valence-corrected chi connectivity index (χ3v) is 3.66. The van der Waals surface area contributed by atoms with Crippen molar-refractivity contribution in [2.75, 3.05) is 6.54 Å². The Kier molecular flexibility index (Phi) is 2.65. The van der Waals surface area contributed by atoms with Crippen LogP contribution in [0.25, 0.3) is 5.65 Å². The van der Waals surface area contributed by atoms with Crippen LogP contribution in [0.4, 0.5) is 0 Å². The zero-order valence-electron chi connectivity index (χ0n) is 8.86. The van der Waals surface area contributed by atoms with Crippen molar-refractivity contribution in [3.8, 4) is 0 Å². The molecule has 1 aliphatic heterocycles. The van der Waals surface area contributed by atoms with Gasteiger partial charge in [0.1, 0.15) is 5.82 Å². The number of halogens is 1. The van der Waals surface area contributed by atoms with Crippen LogP contribution in [0.1, 0.15) is 18.7 Å². The highest BCUT2D eigenvalue weighted by atomic mass is 79.9. The number of pyridine rings is 1. The van der Waals surface area contributed by atoms with Crippen LogP contribution in [-0.4, -0.2) is 27.2 Å². The number of nitrogens with one attached hydrogen (secondary N) is 1. The Balaban J connectivity index is 1.97. The number of hydrogen-bond donors (Lipinski definition) is 1. The molecule has 0 bridgehead atoms. The van der Waals surface area contributed by atoms with Gasteiger partial charge >= 0.3 is 0 Å². The number of aromatic nitrogens is 3. The molecule has 1 unspecified atom stereocenters. The lowest BCUT2D eigenvalue weighted by atomic mass is 10.1. The van der Waals surface area contributed by atoms with Crippen LogP contribution in [0.15, 0.2) is 22.8 Å². The van der Waals surface area contributed by atoms with E-state index in [2.05, 4.69) is 35.8 Å². The topological polar surface area (TPSA) is 42.2 Å². The van der Waals surface area contributed by atoms with Crippen molar-refractivity contribution in [1.82, 2.24) is 19.9 Å². The Morgan fingerprint density at radius 1 is 1.44 bits per heavy atom. The smallest absolute Gasteiger partial charge is 0.161 e. The molecule has 5 heteroatoms. The van der Waals surface area contributed by atoms with Crippen molar-refractivity contribution in [3.63, 3.8) is 0 Å². The average Bonchev–Trinajstić information content (AvgIpc) is 2.90. The van der Waals surface area contributed by atoms with E-state index in [1.54, 1.807) is 0 Å². The predicted molar refractivity (Wildman–Crippen MR) is 65.4 cm³/mol. The highest BCUT2D eigenvalue weighted by Gasteiger charge is 2.18. The zero-order chi connectivity index (χ0) is 11.0. The van der Waals surface area contributed by atoms with Gasteiger partial charge in [-0.1, -0.05) is 6.07 Å². The second-order valence-electron chi connectivity index (χ2n) is 4.16. The Morgan fingerprint density at radius 3 is 3.19 bits per heavy atom. The molecule has 16 heavy (non-hydrogen) atoms. The lowest BCUT2D eigenvalue weighted by molar-refractivity contribution is 0.581.